The normalized spacial score (nSPS) is 39.6. The van der Waals surface area contributed by atoms with Crippen LogP contribution < -0.4 is 5.73 Å². The molecule has 4 heteroatoms. The maximum atomic E-state index is 11.8. The topological polar surface area (TPSA) is 60.2 Å². The monoisotopic (exact) mass is 301 g/mol. The largest absolute Gasteiger partial charge is 0.325 e. The van der Waals surface area contributed by atoms with Crippen molar-refractivity contribution in [1.29, 1.82) is 0 Å². The molecule has 2 unspecified atom stereocenters. The van der Waals surface area contributed by atoms with E-state index >= 15 is 0 Å². The Morgan fingerprint density at radius 2 is 1.80 bits per heavy atom. The molecule has 0 radical (unpaired) electrons. The molecule has 0 bridgehead atoms. The van der Waals surface area contributed by atoms with Gasteiger partial charge in [0, 0.05) is 11.8 Å². The molecule has 0 heterocycles. The zero-order chi connectivity index (χ0) is 14.8. The lowest BCUT2D eigenvalue weighted by atomic mass is 9.65. The lowest BCUT2D eigenvalue weighted by Gasteiger charge is -2.45. The summed E-state index contributed by atoms with van der Waals surface area (Å²) in [5, 5.41) is -0.143. The summed E-state index contributed by atoms with van der Waals surface area (Å²) in [5.41, 5.74) is 6.61. The number of sulfone groups is 1. The summed E-state index contributed by atoms with van der Waals surface area (Å²) in [6.45, 7) is 2.25. The van der Waals surface area contributed by atoms with Crippen molar-refractivity contribution < 1.29 is 8.42 Å². The fourth-order valence-electron chi connectivity index (χ4n) is 4.38. The molecule has 2 rings (SSSR count). The molecule has 0 saturated heterocycles. The highest BCUT2D eigenvalue weighted by Gasteiger charge is 2.42. The second-order valence-corrected chi connectivity index (χ2v) is 9.61. The molecule has 2 fully saturated rings. The second kappa shape index (κ2) is 6.35. The van der Waals surface area contributed by atoms with E-state index in [2.05, 4.69) is 6.92 Å². The third-order valence-electron chi connectivity index (χ3n) is 5.78. The van der Waals surface area contributed by atoms with Crippen LogP contribution in [0.25, 0.3) is 0 Å². The number of hydrogen-bond donors (Lipinski definition) is 1. The summed E-state index contributed by atoms with van der Waals surface area (Å²) in [7, 11) is -2.90. The molecule has 2 N–H and O–H groups in total. The summed E-state index contributed by atoms with van der Waals surface area (Å²) in [5.74, 6) is 1.27. The molecule has 2 aliphatic rings. The minimum atomic E-state index is -2.90. The lowest BCUT2D eigenvalue weighted by molar-refractivity contribution is 0.128. The second-order valence-electron chi connectivity index (χ2n) is 7.28. The van der Waals surface area contributed by atoms with Crippen molar-refractivity contribution in [2.24, 2.45) is 17.6 Å². The molecule has 2 atom stereocenters. The van der Waals surface area contributed by atoms with Crippen molar-refractivity contribution in [3.8, 4) is 0 Å². The van der Waals surface area contributed by atoms with Crippen molar-refractivity contribution >= 4 is 9.84 Å². The Balaban J connectivity index is 1.97. The summed E-state index contributed by atoms with van der Waals surface area (Å²) in [6.07, 6.45) is 12.4. The van der Waals surface area contributed by atoms with Gasteiger partial charge in [0.2, 0.25) is 0 Å². The Morgan fingerprint density at radius 1 is 1.15 bits per heavy atom. The predicted molar refractivity (Wildman–Crippen MR) is 84.4 cm³/mol. The number of nitrogens with two attached hydrogens (primary N) is 1. The smallest absolute Gasteiger partial charge is 0.150 e. The predicted octanol–water partition coefficient (Wildman–Crippen LogP) is 3.28. The summed E-state index contributed by atoms with van der Waals surface area (Å²) in [6, 6.07) is 0. The van der Waals surface area contributed by atoms with Gasteiger partial charge in [0.05, 0.1) is 5.25 Å². The fourth-order valence-corrected chi connectivity index (χ4v) is 5.55. The lowest BCUT2D eigenvalue weighted by Crippen LogP contribution is -2.52. The average molecular weight is 301 g/mol. The molecular weight excluding hydrogens is 270 g/mol. The van der Waals surface area contributed by atoms with Crippen LogP contribution in [0.5, 0.6) is 0 Å². The van der Waals surface area contributed by atoms with E-state index in [4.69, 9.17) is 5.73 Å². The Morgan fingerprint density at radius 3 is 2.35 bits per heavy atom. The van der Waals surface area contributed by atoms with Crippen LogP contribution in [0.3, 0.4) is 0 Å². The first-order valence-electron chi connectivity index (χ1n) is 8.33. The van der Waals surface area contributed by atoms with Crippen LogP contribution in [0.1, 0.15) is 71.1 Å². The van der Waals surface area contributed by atoms with E-state index in [1.165, 1.54) is 31.9 Å². The molecule has 118 valence electrons. The van der Waals surface area contributed by atoms with E-state index in [1.807, 2.05) is 0 Å². The molecule has 0 aliphatic heterocycles. The Labute approximate surface area is 124 Å². The first-order chi connectivity index (χ1) is 9.35. The molecule has 20 heavy (non-hydrogen) atoms. The van der Waals surface area contributed by atoms with Gasteiger partial charge in [0.15, 0.2) is 0 Å². The SMILES string of the molecule is CCCC1CCC(N)(C2CCCC(S(C)(=O)=O)C2)CC1. The van der Waals surface area contributed by atoms with E-state index in [9.17, 15) is 8.42 Å². The molecule has 0 aromatic heterocycles. The Kier molecular flexibility index (Phi) is 5.17. The van der Waals surface area contributed by atoms with Gasteiger partial charge in [0.1, 0.15) is 9.84 Å². The van der Waals surface area contributed by atoms with Gasteiger partial charge in [0.25, 0.3) is 0 Å². The quantitative estimate of drug-likeness (QED) is 0.867. The van der Waals surface area contributed by atoms with Crippen LogP contribution in [0, 0.1) is 11.8 Å². The molecule has 2 saturated carbocycles. The molecule has 0 amide bonds. The third kappa shape index (κ3) is 3.76. The van der Waals surface area contributed by atoms with Crippen molar-refractivity contribution in [1.82, 2.24) is 0 Å². The van der Waals surface area contributed by atoms with Crippen LogP contribution in [0.4, 0.5) is 0 Å². The molecule has 0 spiro atoms. The van der Waals surface area contributed by atoms with Gasteiger partial charge in [-0.15, -0.1) is 0 Å². The first kappa shape index (κ1) is 16.3. The molecular formula is C16H31NO2S. The zero-order valence-electron chi connectivity index (χ0n) is 13.1. The highest BCUT2D eigenvalue weighted by atomic mass is 32.2. The molecule has 0 aromatic rings. The summed E-state index contributed by atoms with van der Waals surface area (Å²) < 4.78 is 23.6. The maximum Gasteiger partial charge on any atom is 0.150 e. The van der Waals surface area contributed by atoms with Gasteiger partial charge < -0.3 is 5.73 Å². The van der Waals surface area contributed by atoms with Crippen LogP contribution in [0.2, 0.25) is 0 Å². The van der Waals surface area contributed by atoms with Gasteiger partial charge in [-0.3, -0.25) is 0 Å². The zero-order valence-corrected chi connectivity index (χ0v) is 13.9. The van der Waals surface area contributed by atoms with Crippen molar-refractivity contribution in [3.05, 3.63) is 0 Å². The van der Waals surface area contributed by atoms with Gasteiger partial charge >= 0.3 is 0 Å². The fraction of sp³-hybridized carbons (Fsp3) is 1.00. The first-order valence-corrected chi connectivity index (χ1v) is 10.3. The molecule has 2 aliphatic carbocycles. The molecule has 0 aromatic carbocycles. The molecule has 3 nitrogen and oxygen atoms in total. The average Bonchev–Trinajstić information content (AvgIpc) is 2.41. The summed E-state index contributed by atoms with van der Waals surface area (Å²) in [4.78, 5) is 0. The number of hydrogen-bond acceptors (Lipinski definition) is 3. The minimum absolute atomic E-state index is 0.0897. The Hall–Kier alpha value is -0.0900. The third-order valence-corrected chi connectivity index (χ3v) is 7.42. The van der Waals surface area contributed by atoms with Crippen LogP contribution >= 0.6 is 0 Å². The van der Waals surface area contributed by atoms with Crippen molar-refractivity contribution in [2.75, 3.05) is 6.26 Å². The van der Waals surface area contributed by atoms with Gasteiger partial charge in [-0.05, 0) is 56.8 Å². The van der Waals surface area contributed by atoms with E-state index in [0.717, 1.165) is 44.4 Å². The van der Waals surface area contributed by atoms with Crippen LogP contribution in [-0.2, 0) is 9.84 Å². The Bertz CT molecular complexity index is 410. The highest BCUT2D eigenvalue weighted by Crippen LogP contribution is 2.43. The van der Waals surface area contributed by atoms with Gasteiger partial charge in [-0.25, -0.2) is 8.42 Å². The van der Waals surface area contributed by atoms with Gasteiger partial charge in [-0.2, -0.15) is 0 Å². The van der Waals surface area contributed by atoms with E-state index < -0.39 is 9.84 Å². The van der Waals surface area contributed by atoms with Crippen LogP contribution in [-0.4, -0.2) is 25.5 Å². The standard InChI is InChI=1S/C16H31NO2S/c1-3-5-13-8-10-16(17,11-9-13)14-6-4-7-15(12-14)20(2,18)19/h13-15H,3-12,17H2,1-2H3. The van der Waals surface area contributed by atoms with E-state index in [0.29, 0.717) is 5.92 Å². The van der Waals surface area contributed by atoms with E-state index in [1.54, 1.807) is 0 Å². The van der Waals surface area contributed by atoms with Crippen LogP contribution in [0.15, 0.2) is 0 Å². The number of rotatable bonds is 4. The van der Waals surface area contributed by atoms with Gasteiger partial charge in [-0.1, -0.05) is 26.2 Å². The van der Waals surface area contributed by atoms with Crippen molar-refractivity contribution in [3.63, 3.8) is 0 Å². The highest BCUT2D eigenvalue weighted by molar-refractivity contribution is 7.91. The van der Waals surface area contributed by atoms with Crippen molar-refractivity contribution in [2.45, 2.75) is 81.9 Å². The summed E-state index contributed by atoms with van der Waals surface area (Å²) >= 11 is 0. The van der Waals surface area contributed by atoms with E-state index in [-0.39, 0.29) is 10.8 Å². The maximum absolute atomic E-state index is 11.8. The minimum Gasteiger partial charge on any atom is -0.325 e.